The molecule has 0 spiro atoms. The zero-order valence-corrected chi connectivity index (χ0v) is 42.2. The number of fused-ring (bicyclic) bond motifs is 11. The Labute approximate surface area is 447 Å². The van der Waals surface area contributed by atoms with Gasteiger partial charge in [0.1, 0.15) is 0 Å². The lowest BCUT2D eigenvalue weighted by atomic mass is 9.89. The Balaban J connectivity index is 1.12. The van der Waals surface area contributed by atoms with Crippen molar-refractivity contribution >= 4 is 74.6 Å². The maximum atomic E-state index is 5.62. The maximum absolute atomic E-state index is 5.62. The molecule has 0 saturated carbocycles. The molecular formula is C70H42N6S. The molecule has 3 heterocycles. The van der Waals surface area contributed by atoms with Gasteiger partial charge in [-0.1, -0.05) is 243 Å². The van der Waals surface area contributed by atoms with Gasteiger partial charge in [0.05, 0.1) is 0 Å². The van der Waals surface area contributed by atoms with E-state index in [4.69, 9.17) is 29.9 Å². The number of thiophene rings is 1. The molecule has 0 amide bonds. The van der Waals surface area contributed by atoms with Crippen molar-refractivity contribution < 1.29 is 0 Å². The van der Waals surface area contributed by atoms with Gasteiger partial charge in [-0.25, -0.2) is 29.9 Å². The van der Waals surface area contributed by atoms with E-state index in [1.54, 1.807) is 11.3 Å². The molecule has 12 aromatic carbocycles. The molecule has 6 nitrogen and oxygen atoms in total. The lowest BCUT2D eigenvalue weighted by molar-refractivity contribution is 1.08. The SMILES string of the molecule is c1ccc(-c2nc(-c3ccccc3-c3ccccc3)nc(-c3c4ccccc4cc4sc5c(c(-c6nc(-c7ccccc7)nc(-c7ccccc7-c7ccccc7)n6)cc6c7ccccc7c7ccccc7c65)c34)n2)cc1. The Bertz CT molecular complexity index is 4790. The van der Waals surface area contributed by atoms with Gasteiger partial charge in [-0.2, -0.15) is 0 Å². The van der Waals surface area contributed by atoms with Crippen LogP contribution in [-0.2, 0) is 0 Å². The molecule has 358 valence electrons. The van der Waals surface area contributed by atoms with E-state index < -0.39 is 0 Å². The van der Waals surface area contributed by atoms with Gasteiger partial charge in [-0.3, -0.25) is 0 Å². The van der Waals surface area contributed by atoms with Crippen molar-refractivity contribution in [3.63, 3.8) is 0 Å². The summed E-state index contributed by atoms with van der Waals surface area (Å²) in [4.78, 5) is 33.0. The van der Waals surface area contributed by atoms with Crippen LogP contribution in [0.5, 0.6) is 0 Å². The van der Waals surface area contributed by atoms with Gasteiger partial charge in [0, 0.05) is 58.9 Å². The number of benzene rings is 12. The average Bonchev–Trinajstić information content (AvgIpc) is 4.09. The summed E-state index contributed by atoms with van der Waals surface area (Å²) in [7, 11) is 0. The number of hydrogen-bond acceptors (Lipinski definition) is 7. The molecule has 0 bridgehead atoms. The van der Waals surface area contributed by atoms with Gasteiger partial charge in [-0.15, -0.1) is 11.3 Å². The number of rotatable bonds is 8. The van der Waals surface area contributed by atoms with E-state index in [2.05, 4.69) is 206 Å². The van der Waals surface area contributed by atoms with Crippen LogP contribution in [0.3, 0.4) is 0 Å². The summed E-state index contributed by atoms with van der Waals surface area (Å²) in [6, 6.07) is 89.2. The van der Waals surface area contributed by atoms with Crippen molar-refractivity contribution in [3.05, 3.63) is 255 Å². The summed E-state index contributed by atoms with van der Waals surface area (Å²) in [5.74, 6) is 3.49. The summed E-state index contributed by atoms with van der Waals surface area (Å²) in [6.45, 7) is 0. The molecule has 3 aromatic heterocycles. The first-order valence-corrected chi connectivity index (χ1v) is 26.6. The molecule has 0 radical (unpaired) electrons. The molecule has 0 fully saturated rings. The fourth-order valence-corrected chi connectivity index (χ4v) is 12.6. The van der Waals surface area contributed by atoms with Crippen LogP contribution >= 0.6 is 11.3 Å². The van der Waals surface area contributed by atoms with Gasteiger partial charge in [-0.05, 0) is 72.1 Å². The van der Waals surface area contributed by atoms with Gasteiger partial charge in [0.2, 0.25) is 0 Å². The number of hydrogen-bond donors (Lipinski definition) is 0. The third kappa shape index (κ3) is 7.55. The fourth-order valence-electron chi connectivity index (χ4n) is 11.3. The van der Waals surface area contributed by atoms with Crippen LogP contribution in [0.15, 0.2) is 255 Å². The second-order valence-electron chi connectivity index (χ2n) is 19.3. The Morgan fingerprint density at radius 3 is 1.16 bits per heavy atom. The largest absolute Gasteiger partial charge is 0.208 e. The molecule has 0 aliphatic rings. The molecule has 0 atom stereocenters. The lowest BCUT2D eigenvalue weighted by Crippen LogP contribution is -2.02. The van der Waals surface area contributed by atoms with Crippen LogP contribution in [0.25, 0.3) is 154 Å². The predicted molar refractivity (Wildman–Crippen MR) is 320 cm³/mol. The molecule has 7 heteroatoms. The van der Waals surface area contributed by atoms with Crippen molar-refractivity contribution in [1.82, 2.24) is 29.9 Å². The van der Waals surface area contributed by atoms with Crippen molar-refractivity contribution in [1.29, 1.82) is 0 Å². The molecule has 0 aliphatic carbocycles. The smallest absolute Gasteiger partial charge is 0.165 e. The first-order chi connectivity index (χ1) is 38.2. The third-order valence-electron chi connectivity index (χ3n) is 14.8. The Kier molecular flexibility index (Phi) is 10.6. The minimum atomic E-state index is 0.567. The molecule has 0 saturated heterocycles. The van der Waals surface area contributed by atoms with E-state index in [-0.39, 0.29) is 0 Å². The Hall–Kier alpha value is -10.1. The van der Waals surface area contributed by atoms with E-state index in [0.717, 1.165) is 97.4 Å². The van der Waals surface area contributed by atoms with Crippen LogP contribution in [0.2, 0.25) is 0 Å². The van der Waals surface area contributed by atoms with Crippen LogP contribution in [0, 0.1) is 0 Å². The van der Waals surface area contributed by atoms with Gasteiger partial charge in [0.25, 0.3) is 0 Å². The van der Waals surface area contributed by atoms with E-state index in [1.165, 1.54) is 21.5 Å². The highest BCUT2D eigenvalue weighted by molar-refractivity contribution is 7.27. The highest BCUT2D eigenvalue weighted by Crippen LogP contribution is 2.52. The van der Waals surface area contributed by atoms with Gasteiger partial charge >= 0.3 is 0 Å². The van der Waals surface area contributed by atoms with Crippen LogP contribution in [-0.4, -0.2) is 29.9 Å². The van der Waals surface area contributed by atoms with Crippen LogP contribution < -0.4 is 0 Å². The fraction of sp³-hybridized carbons (Fsp3) is 0. The van der Waals surface area contributed by atoms with Crippen molar-refractivity contribution in [2.45, 2.75) is 0 Å². The first-order valence-electron chi connectivity index (χ1n) is 25.8. The van der Waals surface area contributed by atoms with Crippen molar-refractivity contribution in [2.24, 2.45) is 0 Å². The van der Waals surface area contributed by atoms with E-state index in [9.17, 15) is 0 Å². The minimum absolute atomic E-state index is 0.567. The molecule has 0 unspecified atom stereocenters. The summed E-state index contributed by atoms with van der Waals surface area (Å²) in [5, 5.41) is 11.2. The summed E-state index contributed by atoms with van der Waals surface area (Å²) in [6.07, 6.45) is 0. The van der Waals surface area contributed by atoms with Gasteiger partial charge < -0.3 is 0 Å². The third-order valence-corrected chi connectivity index (χ3v) is 15.9. The second kappa shape index (κ2) is 18.4. The van der Waals surface area contributed by atoms with Gasteiger partial charge in [0.15, 0.2) is 34.9 Å². The van der Waals surface area contributed by atoms with Crippen molar-refractivity contribution in [2.75, 3.05) is 0 Å². The van der Waals surface area contributed by atoms with Crippen LogP contribution in [0.4, 0.5) is 0 Å². The average molecular weight is 999 g/mol. The first kappa shape index (κ1) is 44.4. The molecule has 15 rings (SSSR count). The molecular weight excluding hydrogens is 957 g/mol. The van der Waals surface area contributed by atoms with E-state index in [0.29, 0.717) is 34.9 Å². The highest BCUT2D eigenvalue weighted by atomic mass is 32.1. The zero-order chi connectivity index (χ0) is 50.8. The topological polar surface area (TPSA) is 77.3 Å². The molecule has 77 heavy (non-hydrogen) atoms. The minimum Gasteiger partial charge on any atom is -0.208 e. The van der Waals surface area contributed by atoms with E-state index in [1.807, 2.05) is 48.5 Å². The summed E-state index contributed by atoms with van der Waals surface area (Å²) < 4.78 is 2.23. The number of nitrogens with zero attached hydrogens (tertiary/aromatic N) is 6. The Morgan fingerprint density at radius 1 is 0.234 bits per heavy atom. The molecule has 0 N–H and O–H groups in total. The summed E-state index contributed by atoms with van der Waals surface area (Å²) >= 11 is 1.81. The second-order valence-corrected chi connectivity index (χ2v) is 20.3. The van der Waals surface area contributed by atoms with Crippen LogP contribution in [0.1, 0.15) is 0 Å². The van der Waals surface area contributed by atoms with Crippen molar-refractivity contribution in [3.8, 4) is 90.6 Å². The maximum Gasteiger partial charge on any atom is 0.165 e. The number of aromatic nitrogens is 6. The zero-order valence-electron chi connectivity index (χ0n) is 41.3. The normalized spacial score (nSPS) is 11.6. The molecule has 15 aromatic rings. The summed E-state index contributed by atoms with van der Waals surface area (Å²) in [5.41, 5.74) is 9.66. The lowest BCUT2D eigenvalue weighted by Gasteiger charge is -2.16. The monoisotopic (exact) mass is 998 g/mol. The standard InChI is InChI=1S/C70H42N6S/c1-5-23-43(24-6-1)48-32-15-21-39-55(48)67-71-65(45-27-9-3-10-28-45)73-69(75-67)58-42-57-53-37-18-17-35-51(53)52-36-19-20-38-54(52)60(57)64-61(58)63-59(77-64)41-47-31-13-14-34-50(47)62(63)70-74-66(46-29-11-4-12-30-46)72-68(76-70)56-40-22-16-33-49(56)44-25-7-2-8-26-44/h1-42H. The van der Waals surface area contributed by atoms with E-state index >= 15 is 0 Å². The Morgan fingerprint density at radius 2 is 0.610 bits per heavy atom. The predicted octanol–water partition coefficient (Wildman–Crippen LogP) is 18.4. The quantitative estimate of drug-likeness (QED) is 0.141. The molecule has 0 aliphatic heterocycles. The highest BCUT2D eigenvalue weighted by Gasteiger charge is 2.27.